The monoisotopic (exact) mass is 508 g/mol. The number of nitrogens with zero attached hydrogens (tertiary/aromatic N) is 1. The van der Waals surface area contributed by atoms with Gasteiger partial charge in [-0.1, -0.05) is 60.1 Å². The minimum Gasteiger partial charge on any atom is -0.483 e. The summed E-state index contributed by atoms with van der Waals surface area (Å²) in [5.41, 5.74) is 5.66. The highest BCUT2D eigenvalue weighted by molar-refractivity contribution is 9.10. The largest absolute Gasteiger partial charge is 0.483 e. The van der Waals surface area contributed by atoms with E-state index in [-0.39, 0.29) is 18.4 Å². The number of hydrogen-bond acceptors (Lipinski definition) is 5. The van der Waals surface area contributed by atoms with E-state index in [2.05, 4.69) is 40.3 Å². The first-order chi connectivity index (χ1) is 15.8. The summed E-state index contributed by atoms with van der Waals surface area (Å²) in [6, 6.07) is 19.8. The van der Waals surface area contributed by atoms with Gasteiger partial charge in [-0.15, -0.1) is 0 Å². The number of ether oxygens (including phenoxy) is 2. The van der Waals surface area contributed by atoms with Gasteiger partial charge in [0.15, 0.2) is 6.61 Å². The lowest BCUT2D eigenvalue weighted by molar-refractivity contribution is -0.123. The molecule has 0 unspecified atom stereocenters. The van der Waals surface area contributed by atoms with Crippen molar-refractivity contribution in [3.8, 4) is 11.5 Å². The smallest absolute Gasteiger partial charge is 0.343 e. The number of benzene rings is 3. The summed E-state index contributed by atoms with van der Waals surface area (Å²) >= 11 is 3.34. The van der Waals surface area contributed by atoms with E-state index in [0.717, 1.165) is 15.6 Å². The topological polar surface area (TPSA) is 77.0 Å². The molecule has 3 rings (SSSR count). The third-order valence-corrected chi connectivity index (χ3v) is 5.17. The van der Waals surface area contributed by atoms with Gasteiger partial charge >= 0.3 is 5.97 Å². The number of rotatable bonds is 8. The Hall–Kier alpha value is -3.45. The van der Waals surface area contributed by atoms with E-state index >= 15 is 0 Å². The predicted octanol–water partition coefficient (Wildman–Crippen LogP) is 5.63. The summed E-state index contributed by atoms with van der Waals surface area (Å²) in [6.45, 7) is 5.98. The van der Waals surface area contributed by atoms with Gasteiger partial charge in [0.1, 0.15) is 11.5 Å². The molecule has 0 atom stereocenters. The van der Waals surface area contributed by atoms with Gasteiger partial charge in [-0.2, -0.15) is 5.10 Å². The van der Waals surface area contributed by atoms with Crippen LogP contribution in [0.25, 0.3) is 0 Å². The van der Waals surface area contributed by atoms with Crippen LogP contribution in [0, 0.1) is 6.92 Å². The Morgan fingerprint density at radius 1 is 1.06 bits per heavy atom. The van der Waals surface area contributed by atoms with Crippen molar-refractivity contribution in [3.63, 3.8) is 0 Å². The van der Waals surface area contributed by atoms with Crippen LogP contribution in [0.5, 0.6) is 11.5 Å². The molecule has 1 N–H and O–H groups in total. The second kappa shape index (κ2) is 11.4. The summed E-state index contributed by atoms with van der Waals surface area (Å²) in [7, 11) is 0. The second-order valence-corrected chi connectivity index (χ2v) is 8.67. The molecule has 3 aromatic rings. The van der Waals surface area contributed by atoms with Crippen LogP contribution < -0.4 is 14.9 Å². The van der Waals surface area contributed by atoms with E-state index in [0.29, 0.717) is 22.6 Å². The maximum atomic E-state index is 12.3. The highest BCUT2D eigenvalue weighted by Gasteiger charge is 2.11. The van der Waals surface area contributed by atoms with Crippen LogP contribution in [0.2, 0.25) is 0 Å². The first-order valence-corrected chi connectivity index (χ1v) is 11.2. The standard InChI is InChI=1S/C26H25BrN2O4/c1-17(2)23-11-10-18(3)12-24(23)32-16-25(30)29-28-15-19-6-4-9-22(13-19)33-26(31)20-7-5-8-21(27)14-20/h4-15,17H,16H2,1-3H3,(H,29,30)/b28-15+. The van der Waals surface area contributed by atoms with Crippen LogP contribution in [0.15, 0.2) is 76.3 Å². The Morgan fingerprint density at radius 2 is 1.85 bits per heavy atom. The van der Waals surface area contributed by atoms with Crippen LogP contribution in [0.1, 0.15) is 46.8 Å². The number of hydrazone groups is 1. The fourth-order valence-electron chi connectivity index (χ4n) is 3.04. The number of nitrogens with one attached hydrogen (secondary N) is 1. The average molecular weight is 509 g/mol. The summed E-state index contributed by atoms with van der Waals surface area (Å²) in [6.07, 6.45) is 1.47. The Morgan fingerprint density at radius 3 is 2.61 bits per heavy atom. The van der Waals surface area contributed by atoms with E-state index in [1.165, 1.54) is 6.21 Å². The van der Waals surface area contributed by atoms with Crippen molar-refractivity contribution in [2.45, 2.75) is 26.7 Å². The van der Waals surface area contributed by atoms with Crippen molar-refractivity contribution in [2.75, 3.05) is 6.61 Å². The summed E-state index contributed by atoms with van der Waals surface area (Å²) < 4.78 is 11.9. The Balaban J connectivity index is 1.55. The van der Waals surface area contributed by atoms with Gasteiger partial charge in [-0.05, 0) is 65.9 Å². The third kappa shape index (κ3) is 7.29. The molecule has 6 nitrogen and oxygen atoms in total. The van der Waals surface area contributed by atoms with Crippen LogP contribution >= 0.6 is 15.9 Å². The molecule has 1 amide bonds. The van der Waals surface area contributed by atoms with E-state index in [4.69, 9.17) is 9.47 Å². The Kier molecular flexibility index (Phi) is 8.38. The Labute approximate surface area is 201 Å². The Bertz CT molecular complexity index is 1170. The zero-order chi connectivity index (χ0) is 23.8. The van der Waals surface area contributed by atoms with Crippen molar-refractivity contribution >= 4 is 34.0 Å². The SMILES string of the molecule is Cc1ccc(C(C)C)c(OCC(=O)N/N=C/c2cccc(OC(=O)c3cccc(Br)c3)c2)c1. The van der Waals surface area contributed by atoms with Crippen molar-refractivity contribution in [3.05, 3.63) is 93.5 Å². The van der Waals surface area contributed by atoms with Crippen LogP contribution in [0.4, 0.5) is 0 Å². The number of amides is 1. The predicted molar refractivity (Wildman–Crippen MR) is 132 cm³/mol. The molecule has 0 spiro atoms. The molecule has 0 radical (unpaired) electrons. The first kappa shape index (κ1) is 24.2. The number of carbonyl (C=O) groups is 2. The highest BCUT2D eigenvalue weighted by atomic mass is 79.9. The lowest BCUT2D eigenvalue weighted by Gasteiger charge is -2.14. The van der Waals surface area contributed by atoms with E-state index in [1.54, 1.807) is 42.5 Å². The molecule has 0 aliphatic rings. The molecule has 3 aromatic carbocycles. The van der Waals surface area contributed by atoms with Gasteiger partial charge in [-0.3, -0.25) is 4.79 Å². The molecular weight excluding hydrogens is 484 g/mol. The molecule has 0 saturated heterocycles. The normalized spacial score (nSPS) is 10.9. The fraction of sp³-hybridized carbons (Fsp3) is 0.192. The number of aryl methyl sites for hydroxylation is 1. The van der Waals surface area contributed by atoms with Gasteiger partial charge in [0, 0.05) is 4.47 Å². The molecule has 0 saturated carbocycles. The van der Waals surface area contributed by atoms with Gasteiger partial charge < -0.3 is 9.47 Å². The van der Waals surface area contributed by atoms with Gasteiger partial charge in [0.25, 0.3) is 5.91 Å². The molecule has 0 aromatic heterocycles. The van der Waals surface area contributed by atoms with Gasteiger partial charge in [0.05, 0.1) is 11.8 Å². The van der Waals surface area contributed by atoms with Gasteiger partial charge in [0.2, 0.25) is 0 Å². The highest BCUT2D eigenvalue weighted by Crippen LogP contribution is 2.27. The minimum atomic E-state index is -0.465. The van der Waals surface area contributed by atoms with Crippen LogP contribution in [-0.4, -0.2) is 24.7 Å². The average Bonchev–Trinajstić information content (AvgIpc) is 2.78. The van der Waals surface area contributed by atoms with Crippen molar-refractivity contribution in [1.82, 2.24) is 5.43 Å². The van der Waals surface area contributed by atoms with Crippen LogP contribution in [0.3, 0.4) is 0 Å². The fourth-order valence-corrected chi connectivity index (χ4v) is 3.44. The summed E-state index contributed by atoms with van der Waals surface area (Å²) in [5, 5.41) is 3.97. The lowest BCUT2D eigenvalue weighted by Crippen LogP contribution is -2.25. The quantitative estimate of drug-likeness (QED) is 0.185. The molecule has 170 valence electrons. The molecular formula is C26H25BrN2O4. The molecule has 0 fully saturated rings. The van der Waals surface area contributed by atoms with Crippen LogP contribution in [-0.2, 0) is 4.79 Å². The maximum Gasteiger partial charge on any atom is 0.343 e. The number of halogens is 1. The molecule has 0 aliphatic heterocycles. The van der Waals surface area contributed by atoms with Gasteiger partial charge in [-0.25, -0.2) is 10.2 Å². The number of hydrogen-bond donors (Lipinski definition) is 1. The van der Waals surface area contributed by atoms with Crippen molar-refractivity contribution < 1.29 is 19.1 Å². The molecule has 0 heterocycles. The lowest BCUT2D eigenvalue weighted by atomic mass is 10.0. The van der Waals surface area contributed by atoms with Crippen molar-refractivity contribution in [1.29, 1.82) is 0 Å². The molecule has 33 heavy (non-hydrogen) atoms. The van der Waals surface area contributed by atoms with Crippen molar-refractivity contribution in [2.24, 2.45) is 5.10 Å². The minimum absolute atomic E-state index is 0.148. The molecule has 7 heteroatoms. The van der Waals surface area contributed by atoms with E-state index < -0.39 is 5.97 Å². The number of esters is 1. The van der Waals surface area contributed by atoms with E-state index in [9.17, 15) is 9.59 Å². The summed E-state index contributed by atoms with van der Waals surface area (Å²) in [4.78, 5) is 24.5. The summed E-state index contributed by atoms with van der Waals surface area (Å²) in [5.74, 6) is 0.516. The maximum absolute atomic E-state index is 12.3. The third-order valence-electron chi connectivity index (χ3n) is 4.68. The second-order valence-electron chi connectivity index (χ2n) is 7.75. The zero-order valence-electron chi connectivity index (χ0n) is 18.7. The van der Waals surface area contributed by atoms with E-state index in [1.807, 2.05) is 31.2 Å². The number of carbonyl (C=O) groups excluding carboxylic acids is 2. The molecule has 0 aliphatic carbocycles. The first-order valence-electron chi connectivity index (χ1n) is 10.4. The molecule has 0 bridgehead atoms. The zero-order valence-corrected chi connectivity index (χ0v) is 20.3.